The van der Waals surface area contributed by atoms with E-state index in [1.165, 1.54) is 4.88 Å². The molecule has 0 aliphatic rings. The zero-order valence-corrected chi connectivity index (χ0v) is 8.67. The summed E-state index contributed by atoms with van der Waals surface area (Å²) in [7, 11) is 1.67. The van der Waals surface area contributed by atoms with E-state index < -0.39 is 0 Å². The van der Waals surface area contributed by atoms with Crippen LogP contribution in [-0.2, 0) is 6.42 Å². The van der Waals surface area contributed by atoms with Crippen LogP contribution in [0.25, 0.3) is 0 Å². The molecule has 0 atom stereocenters. The van der Waals surface area contributed by atoms with Crippen molar-refractivity contribution in [3.05, 3.63) is 15.4 Å². The molecule has 0 fully saturated rings. The van der Waals surface area contributed by atoms with Crippen LogP contribution in [0.4, 0.5) is 0 Å². The molecular weight excluding hydrogens is 226 g/mol. The molecule has 0 aliphatic heterocycles. The topological polar surface area (TPSA) is 35.2 Å². The Kier molecular flexibility index (Phi) is 3.36. The molecule has 0 unspecified atom stereocenters. The fourth-order valence-corrected chi connectivity index (χ4v) is 2.51. The molecule has 0 aromatic carbocycles. The van der Waals surface area contributed by atoms with Crippen molar-refractivity contribution in [2.24, 2.45) is 5.73 Å². The Balaban J connectivity index is 2.77. The Morgan fingerprint density at radius 1 is 1.73 bits per heavy atom. The molecule has 2 N–H and O–H groups in total. The lowest BCUT2D eigenvalue weighted by Crippen LogP contribution is -2.00. The monoisotopic (exact) mass is 235 g/mol. The van der Waals surface area contributed by atoms with E-state index in [1.807, 2.05) is 0 Å². The van der Waals surface area contributed by atoms with Crippen LogP contribution in [0.15, 0.2) is 10.5 Å². The number of nitrogens with two attached hydrogens (primary N) is 1. The molecule has 0 bridgehead atoms. The third-order valence-electron chi connectivity index (χ3n) is 1.28. The van der Waals surface area contributed by atoms with Gasteiger partial charge in [-0.25, -0.2) is 0 Å². The summed E-state index contributed by atoms with van der Waals surface area (Å²) >= 11 is 5.03. The molecule has 4 heteroatoms. The van der Waals surface area contributed by atoms with Crippen LogP contribution in [0.5, 0.6) is 5.06 Å². The Bertz CT molecular complexity index is 236. The summed E-state index contributed by atoms with van der Waals surface area (Å²) in [5.41, 5.74) is 5.41. The van der Waals surface area contributed by atoms with Crippen LogP contribution in [0, 0.1) is 0 Å². The highest BCUT2D eigenvalue weighted by Gasteiger charge is 2.05. The third kappa shape index (κ3) is 2.18. The van der Waals surface area contributed by atoms with Crippen LogP contribution < -0.4 is 10.5 Å². The van der Waals surface area contributed by atoms with Gasteiger partial charge < -0.3 is 10.5 Å². The summed E-state index contributed by atoms with van der Waals surface area (Å²) in [5.74, 6) is 0. The van der Waals surface area contributed by atoms with E-state index in [0.29, 0.717) is 6.54 Å². The predicted octanol–water partition coefficient (Wildman–Crippen LogP) is 2.02. The first-order valence-corrected chi connectivity index (χ1v) is 4.91. The minimum atomic E-state index is 0.691. The van der Waals surface area contributed by atoms with Crippen LogP contribution in [-0.4, -0.2) is 13.7 Å². The second-order valence-electron chi connectivity index (χ2n) is 2.09. The van der Waals surface area contributed by atoms with Crippen molar-refractivity contribution in [2.75, 3.05) is 13.7 Å². The van der Waals surface area contributed by atoms with Gasteiger partial charge in [0.1, 0.15) is 0 Å². The molecule has 0 spiro atoms. The van der Waals surface area contributed by atoms with E-state index in [1.54, 1.807) is 18.4 Å². The lowest BCUT2D eigenvalue weighted by Gasteiger charge is -1.92. The molecule has 2 nitrogen and oxygen atoms in total. The molecule has 1 rings (SSSR count). The quantitative estimate of drug-likeness (QED) is 0.871. The summed E-state index contributed by atoms with van der Waals surface area (Å²) in [6, 6.07) is 2.05. The van der Waals surface area contributed by atoms with Crippen molar-refractivity contribution >= 4 is 27.3 Å². The highest BCUT2D eigenvalue weighted by molar-refractivity contribution is 9.10. The number of hydrogen-bond donors (Lipinski definition) is 1. The summed E-state index contributed by atoms with van der Waals surface area (Å²) in [6.45, 7) is 0.691. The molecule has 1 aromatic rings. The molecule has 11 heavy (non-hydrogen) atoms. The Labute approximate surface area is 78.5 Å². The molecule has 0 saturated heterocycles. The summed E-state index contributed by atoms with van der Waals surface area (Å²) in [6.07, 6.45) is 0.923. The highest BCUT2D eigenvalue weighted by Crippen LogP contribution is 2.34. The molecule has 62 valence electrons. The Morgan fingerprint density at radius 3 is 2.91 bits per heavy atom. The summed E-state index contributed by atoms with van der Waals surface area (Å²) < 4.78 is 6.12. The number of hydrogen-bond acceptors (Lipinski definition) is 3. The van der Waals surface area contributed by atoms with E-state index in [2.05, 4.69) is 22.0 Å². The van der Waals surface area contributed by atoms with E-state index in [-0.39, 0.29) is 0 Å². The zero-order valence-electron chi connectivity index (χ0n) is 6.26. The van der Waals surface area contributed by atoms with Gasteiger partial charge in [-0.1, -0.05) is 0 Å². The van der Waals surface area contributed by atoms with Crippen molar-refractivity contribution < 1.29 is 4.74 Å². The minimum absolute atomic E-state index is 0.691. The number of thiophene rings is 1. The second-order valence-corrected chi connectivity index (χ2v) is 4.04. The van der Waals surface area contributed by atoms with Crippen LogP contribution in [0.2, 0.25) is 0 Å². The maximum absolute atomic E-state index is 5.41. The third-order valence-corrected chi connectivity index (χ3v) is 3.29. The van der Waals surface area contributed by atoms with E-state index >= 15 is 0 Å². The van der Waals surface area contributed by atoms with Crippen molar-refractivity contribution in [1.82, 2.24) is 0 Å². The van der Waals surface area contributed by atoms with Crippen LogP contribution in [0.3, 0.4) is 0 Å². The Hall–Kier alpha value is -0.0600. The second kappa shape index (κ2) is 4.09. The number of halogens is 1. The SMILES string of the molecule is COc1sc(CCN)cc1Br. The van der Waals surface area contributed by atoms with Gasteiger partial charge in [0.25, 0.3) is 0 Å². The van der Waals surface area contributed by atoms with Crippen molar-refractivity contribution in [2.45, 2.75) is 6.42 Å². The average molecular weight is 236 g/mol. The maximum Gasteiger partial charge on any atom is 0.188 e. The van der Waals surface area contributed by atoms with Crippen LogP contribution in [0.1, 0.15) is 4.88 Å². The van der Waals surface area contributed by atoms with Gasteiger partial charge in [-0.15, -0.1) is 11.3 Å². The standard InChI is InChI=1S/C7H10BrNOS/c1-10-7-6(8)4-5(11-7)2-3-9/h4H,2-3,9H2,1H3. The smallest absolute Gasteiger partial charge is 0.188 e. The zero-order chi connectivity index (χ0) is 8.27. The van der Waals surface area contributed by atoms with E-state index in [4.69, 9.17) is 10.5 Å². The molecular formula is C7H10BrNOS. The van der Waals surface area contributed by atoms with Gasteiger partial charge in [-0.05, 0) is 35.0 Å². The fourth-order valence-electron chi connectivity index (χ4n) is 0.802. The normalized spacial score (nSPS) is 10.1. The lowest BCUT2D eigenvalue weighted by molar-refractivity contribution is 0.425. The fraction of sp³-hybridized carbons (Fsp3) is 0.429. The van der Waals surface area contributed by atoms with Gasteiger partial charge in [0.15, 0.2) is 5.06 Å². The summed E-state index contributed by atoms with van der Waals surface area (Å²) in [5, 5.41) is 0.924. The first kappa shape index (κ1) is 9.03. The number of ether oxygens (including phenoxy) is 1. The van der Waals surface area contributed by atoms with E-state index in [0.717, 1.165) is 16.0 Å². The van der Waals surface area contributed by atoms with Crippen LogP contribution >= 0.6 is 27.3 Å². The van der Waals surface area contributed by atoms with Gasteiger partial charge in [0.05, 0.1) is 11.6 Å². The van der Waals surface area contributed by atoms with Crippen molar-refractivity contribution in [3.63, 3.8) is 0 Å². The van der Waals surface area contributed by atoms with Gasteiger partial charge in [0.2, 0.25) is 0 Å². The first-order chi connectivity index (χ1) is 5.27. The average Bonchev–Trinajstić information content (AvgIpc) is 2.32. The maximum atomic E-state index is 5.41. The van der Waals surface area contributed by atoms with E-state index in [9.17, 15) is 0 Å². The largest absolute Gasteiger partial charge is 0.486 e. The molecule has 1 aromatic heterocycles. The Morgan fingerprint density at radius 2 is 2.45 bits per heavy atom. The molecule has 0 radical (unpaired) electrons. The highest BCUT2D eigenvalue weighted by atomic mass is 79.9. The van der Waals surface area contributed by atoms with Crippen molar-refractivity contribution in [3.8, 4) is 5.06 Å². The van der Waals surface area contributed by atoms with Gasteiger partial charge in [-0.3, -0.25) is 0 Å². The van der Waals surface area contributed by atoms with Crippen molar-refractivity contribution in [1.29, 1.82) is 0 Å². The number of methoxy groups -OCH3 is 1. The first-order valence-electron chi connectivity index (χ1n) is 3.30. The molecule has 0 amide bonds. The molecule has 0 saturated carbocycles. The summed E-state index contributed by atoms with van der Waals surface area (Å²) in [4.78, 5) is 1.26. The molecule has 1 heterocycles. The van der Waals surface area contributed by atoms with Gasteiger partial charge in [-0.2, -0.15) is 0 Å². The molecule has 0 aliphatic carbocycles. The van der Waals surface area contributed by atoms with Gasteiger partial charge >= 0.3 is 0 Å². The van der Waals surface area contributed by atoms with Gasteiger partial charge in [0, 0.05) is 4.88 Å². The number of rotatable bonds is 3. The predicted molar refractivity (Wildman–Crippen MR) is 51.3 cm³/mol. The minimum Gasteiger partial charge on any atom is -0.486 e. The lowest BCUT2D eigenvalue weighted by atomic mass is 10.3.